The SMILES string of the molecule is CCOc1ccc2c(c1)CC1CNCC(=O)N21. The molecule has 1 aromatic rings. The Hall–Kier alpha value is -1.55. The second kappa shape index (κ2) is 4.04. The molecule has 1 aromatic carbocycles. The highest BCUT2D eigenvalue weighted by atomic mass is 16.5. The van der Waals surface area contributed by atoms with Gasteiger partial charge >= 0.3 is 0 Å². The van der Waals surface area contributed by atoms with Crippen LogP contribution in [0.15, 0.2) is 18.2 Å². The zero-order chi connectivity index (χ0) is 11.8. The molecule has 0 bridgehead atoms. The molecule has 2 aliphatic heterocycles. The monoisotopic (exact) mass is 232 g/mol. The summed E-state index contributed by atoms with van der Waals surface area (Å²) >= 11 is 0. The zero-order valence-corrected chi connectivity index (χ0v) is 9.90. The van der Waals surface area contributed by atoms with E-state index in [2.05, 4.69) is 11.4 Å². The maximum atomic E-state index is 11.9. The third-order valence-electron chi connectivity index (χ3n) is 3.37. The summed E-state index contributed by atoms with van der Waals surface area (Å²) in [5, 5.41) is 3.16. The molecule has 2 aliphatic rings. The zero-order valence-electron chi connectivity index (χ0n) is 9.90. The standard InChI is InChI=1S/C13H16N2O2/c1-2-17-11-3-4-12-9(6-11)5-10-7-14-8-13(16)15(10)12/h3-4,6,10,14H,2,5,7-8H2,1H3. The largest absolute Gasteiger partial charge is 0.494 e. The molecular formula is C13H16N2O2. The normalized spacial score (nSPS) is 22.3. The molecule has 17 heavy (non-hydrogen) atoms. The van der Waals surface area contributed by atoms with E-state index in [1.54, 1.807) is 0 Å². The van der Waals surface area contributed by atoms with Gasteiger partial charge in [0, 0.05) is 12.2 Å². The van der Waals surface area contributed by atoms with Gasteiger partial charge in [-0.3, -0.25) is 4.79 Å². The highest BCUT2D eigenvalue weighted by Crippen LogP contribution is 2.35. The van der Waals surface area contributed by atoms with Gasteiger partial charge in [0.25, 0.3) is 0 Å². The Morgan fingerprint density at radius 3 is 3.24 bits per heavy atom. The predicted molar refractivity (Wildman–Crippen MR) is 65.5 cm³/mol. The third-order valence-corrected chi connectivity index (χ3v) is 3.37. The van der Waals surface area contributed by atoms with Crippen LogP contribution in [0.25, 0.3) is 0 Å². The molecule has 0 aromatic heterocycles. The lowest BCUT2D eigenvalue weighted by Crippen LogP contribution is -2.53. The van der Waals surface area contributed by atoms with Gasteiger partial charge in [-0.2, -0.15) is 0 Å². The Morgan fingerprint density at radius 1 is 1.53 bits per heavy atom. The maximum Gasteiger partial charge on any atom is 0.241 e. The quantitative estimate of drug-likeness (QED) is 0.825. The number of ether oxygens (including phenoxy) is 1. The minimum Gasteiger partial charge on any atom is -0.494 e. The van der Waals surface area contributed by atoms with Crippen molar-refractivity contribution in [1.82, 2.24) is 5.32 Å². The first-order valence-electron chi connectivity index (χ1n) is 6.08. The molecule has 0 spiro atoms. The molecule has 1 amide bonds. The van der Waals surface area contributed by atoms with Crippen molar-refractivity contribution >= 4 is 11.6 Å². The number of hydrogen-bond donors (Lipinski definition) is 1. The summed E-state index contributed by atoms with van der Waals surface area (Å²) in [6.07, 6.45) is 0.926. The number of fused-ring (bicyclic) bond motifs is 3. The van der Waals surface area contributed by atoms with Gasteiger partial charge in [-0.25, -0.2) is 0 Å². The smallest absolute Gasteiger partial charge is 0.241 e. The lowest BCUT2D eigenvalue weighted by atomic mass is 10.1. The lowest BCUT2D eigenvalue weighted by molar-refractivity contribution is -0.119. The molecule has 1 fully saturated rings. The number of amides is 1. The van der Waals surface area contributed by atoms with Crippen molar-refractivity contribution < 1.29 is 9.53 Å². The molecule has 0 aliphatic carbocycles. The van der Waals surface area contributed by atoms with Crippen LogP contribution in [0.5, 0.6) is 5.75 Å². The lowest BCUT2D eigenvalue weighted by Gasteiger charge is -2.30. The summed E-state index contributed by atoms with van der Waals surface area (Å²) in [6, 6.07) is 6.29. The number of rotatable bonds is 2. The van der Waals surface area contributed by atoms with Gasteiger partial charge < -0.3 is 15.0 Å². The van der Waals surface area contributed by atoms with Crippen molar-refractivity contribution in [3.05, 3.63) is 23.8 Å². The first-order chi connectivity index (χ1) is 8.29. The van der Waals surface area contributed by atoms with Crippen LogP contribution in [0.4, 0.5) is 5.69 Å². The van der Waals surface area contributed by atoms with Gasteiger partial charge in [0.1, 0.15) is 5.75 Å². The minimum atomic E-state index is 0.171. The molecular weight excluding hydrogens is 216 g/mol. The van der Waals surface area contributed by atoms with Crippen molar-refractivity contribution in [3.63, 3.8) is 0 Å². The molecule has 1 atom stereocenters. The molecule has 1 unspecified atom stereocenters. The number of nitrogens with zero attached hydrogens (tertiary/aromatic N) is 1. The second-order valence-corrected chi connectivity index (χ2v) is 4.48. The second-order valence-electron chi connectivity index (χ2n) is 4.48. The summed E-state index contributed by atoms with van der Waals surface area (Å²) in [4.78, 5) is 13.8. The van der Waals surface area contributed by atoms with Crippen LogP contribution in [0.3, 0.4) is 0 Å². The first kappa shape index (κ1) is 10.6. The van der Waals surface area contributed by atoms with E-state index in [1.165, 1.54) is 5.56 Å². The number of anilines is 1. The highest BCUT2D eigenvalue weighted by Gasteiger charge is 2.36. The van der Waals surface area contributed by atoms with Crippen LogP contribution >= 0.6 is 0 Å². The van der Waals surface area contributed by atoms with E-state index in [-0.39, 0.29) is 11.9 Å². The summed E-state index contributed by atoms with van der Waals surface area (Å²) in [5.74, 6) is 1.07. The average molecular weight is 232 g/mol. The van der Waals surface area contributed by atoms with E-state index in [0.29, 0.717) is 13.2 Å². The Labute approximate surface area is 101 Å². The van der Waals surface area contributed by atoms with Crippen molar-refractivity contribution in [1.29, 1.82) is 0 Å². The Kier molecular flexibility index (Phi) is 2.52. The van der Waals surface area contributed by atoms with E-state index < -0.39 is 0 Å². The van der Waals surface area contributed by atoms with Crippen LogP contribution in [0.2, 0.25) is 0 Å². The van der Waals surface area contributed by atoms with Crippen LogP contribution < -0.4 is 15.0 Å². The number of benzene rings is 1. The molecule has 0 saturated carbocycles. The number of carbonyl (C=O) groups is 1. The van der Waals surface area contributed by atoms with E-state index in [9.17, 15) is 4.79 Å². The number of nitrogens with one attached hydrogen (secondary N) is 1. The fourth-order valence-corrected chi connectivity index (χ4v) is 2.69. The van der Waals surface area contributed by atoms with E-state index >= 15 is 0 Å². The molecule has 4 heteroatoms. The van der Waals surface area contributed by atoms with Crippen molar-refractivity contribution in [2.75, 3.05) is 24.6 Å². The summed E-state index contributed by atoms with van der Waals surface area (Å²) in [6.45, 7) is 3.98. The molecule has 4 nitrogen and oxygen atoms in total. The van der Waals surface area contributed by atoms with Crippen LogP contribution in [0.1, 0.15) is 12.5 Å². The van der Waals surface area contributed by atoms with Gasteiger partial charge in [-0.1, -0.05) is 0 Å². The van der Waals surface area contributed by atoms with Crippen LogP contribution in [-0.2, 0) is 11.2 Å². The molecule has 3 rings (SSSR count). The number of piperazine rings is 1. The molecule has 1 N–H and O–H groups in total. The molecule has 1 saturated heterocycles. The van der Waals surface area contributed by atoms with Crippen molar-refractivity contribution in [3.8, 4) is 5.75 Å². The maximum absolute atomic E-state index is 11.9. The Bertz CT molecular complexity index is 459. The predicted octanol–water partition coefficient (Wildman–Crippen LogP) is 0.946. The summed E-state index contributed by atoms with van der Waals surface area (Å²) in [5.41, 5.74) is 2.28. The van der Waals surface area contributed by atoms with Gasteiger partial charge in [0.2, 0.25) is 5.91 Å². The number of carbonyl (C=O) groups excluding carboxylic acids is 1. The Morgan fingerprint density at radius 2 is 2.41 bits per heavy atom. The molecule has 0 radical (unpaired) electrons. The van der Waals surface area contributed by atoms with Crippen molar-refractivity contribution in [2.24, 2.45) is 0 Å². The topological polar surface area (TPSA) is 41.6 Å². The molecule has 90 valence electrons. The van der Waals surface area contributed by atoms with E-state index in [0.717, 1.165) is 24.4 Å². The average Bonchev–Trinajstić information content (AvgIpc) is 2.68. The minimum absolute atomic E-state index is 0.171. The van der Waals surface area contributed by atoms with Gasteiger partial charge in [0.15, 0.2) is 0 Å². The third kappa shape index (κ3) is 1.69. The van der Waals surface area contributed by atoms with Gasteiger partial charge in [-0.05, 0) is 37.1 Å². The van der Waals surface area contributed by atoms with Gasteiger partial charge in [0.05, 0.1) is 19.2 Å². The highest BCUT2D eigenvalue weighted by molar-refractivity contribution is 5.98. The Balaban J connectivity index is 1.95. The fourth-order valence-electron chi connectivity index (χ4n) is 2.69. The molecule has 2 heterocycles. The van der Waals surface area contributed by atoms with Crippen LogP contribution in [-0.4, -0.2) is 31.6 Å². The van der Waals surface area contributed by atoms with E-state index in [1.807, 2.05) is 24.0 Å². The summed E-state index contributed by atoms with van der Waals surface area (Å²) < 4.78 is 5.49. The van der Waals surface area contributed by atoms with Gasteiger partial charge in [-0.15, -0.1) is 0 Å². The van der Waals surface area contributed by atoms with E-state index in [4.69, 9.17) is 4.74 Å². The van der Waals surface area contributed by atoms with Crippen LogP contribution in [0, 0.1) is 0 Å². The van der Waals surface area contributed by atoms with Crippen molar-refractivity contribution in [2.45, 2.75) is 19.4 Å². The fraction of sp³-hybridized carbons (Fsp3) is 0.462. The first-order valence-corrected chi connectivity index (χ1v) is 6.08. The number of hydrogen-bond acceptors (Lipinski definition) is 3. The summed E-state index contributed by atoms with van der Waals surface area (Å²) in [7, 11) is 0.